The van der Waals surface area contributed by atoms with E-state index in [0.717, 1.165) is 30.1 Å². The van der Waals surface area contributed by atoms with E-state index in [2.05, 4.69) is 24.9 Å². The molecule has 6 heteroatoms. The van der Waals surface area contributed by atoms with Gasteiger partial charge in [0, 0.05) is 18.4 Å². The summed E-state index contributed by atoms with van der Waals surface area (Å²) in [6.45, 7) is 9.73. The summed E-state index contributed by atoms with van der Waals surface area (Å²) in [5, 5.41) is 0. The molecule has 3 rings (SSSR count). The maximum atomic E-state index is 13.8. The normalized spacial score (nSPS) is 20.6. The Balaban J connectivity index is 2.09. The average Bonchev–Trinajstić information content (AvgIpc) is 3.07. The molecule has 30 heavy (non-hydrogen) atoms. The van der Waals surface area contributed by atoms with Gasteiger partial charge in [0.1, 0.15) is 5.82 Å². The minimum absolute atomic E-state index is 0.296. The summed E-state index contributed by atoms with van der Waals surface area (Å²) >= 11 is 0. The van der Waals surface area contributed by atoms with E-state index in [9.17, 15) is 9.18 Å². The summed E-state index contributed by atoms with van der Waals surface area (Å²) in [4.78, 5) is 15.1. The van der Waals surface area contributed by atoms with Gasteiger partial charge in [-0.25, -0.2) is 9.18 Å². The fourth-order valence-electron chi connectivity index (χ4n) is 4.13. The molecule has 162 valence electrons. The van der Waals surface area contributed by atoms with E-state index < -0.39 is 13.7 Å². The molecule has 2 aliphatic rings. The first-order valence-electron chi connectivity index (χ1n) is 10.8. The van der Waals surface area contributed by atoms with Gasteiger partial charge in [-0.15, -0.1) is 0 Å². The first-order chi connectivity index (χ1) is 14.3. The maximum absolute atomic E-state index is 13.8. The van der Waals surface area contributed by atoms with Gasteiger partial charge < -0.3 is 14.1 Å². The predicted octanol–water partition coefficient (Wildman–Crippen LogP) is 5.30. The zero-order valence-electron chi connectivity index (χ0n) is 18.4. The van der Waals surface area contributed by atoms with Crippen LogP contribution in [0.1, 0.15) is 32.3 Å². The Bertz CT molecular complexity index is 860. The van der Waals surface area contributed by atoms with E-state index in [4.69, 9.17) is 9.16 Å². The Labute approximate surface area is 180 Å². The van der Waals surface area contributed by atoms with Gasteiger partial charge in [0.2, 0.25) is 0 Å². The standard InChI is InChI=1S/C24H32FNO3Si/c1-5-7-16-30(3,4)29-18-24(19-11-13-20(25)14-12-19)21(23(27)28-6-2)17-26-15-9-8-10-22(24)26/h8-14,17H,5-7,15-16,18H2,1-4H3. The lowest BCUT2D eigenvalue weighted by Gasteiger charge is -2.38. The molecule has 0 saturated heterocycles. The van der Waals surface area contributed by atoms with E-state index in [1.807, 2.05) is 24.4 Å². The number of hydrogen-bond acceptors (Lipinski definition) is 4. The van der Waals surface area contributed by atoms with Crippen molar-refractivity contribution in [3.63, 3.8) is 0 Å². The van der Waals surface area contributed by atoms with Crippen LogP contribution in [0.5, 0.6) is 0 Å². The summed E-state index contributed by atoms with van der Waals surface area (Å²) in [6.07, 6.45) is 10.2. The van der Waals surface area contributed by atoms with Gasteiger partial charge in [-0.2, -0.15) is 0 Å². The third-order valence-corrected chi connectivity index (χ3v) is 8.31. The molecule has 4 nitrogen and oxygen atoms in total. The van der Waals surface area contributed by atoms with Gasteiger partial charge in [-0.1, -0.05) is 44.1 Å². The Kier molecular flexibility index (Phi) is 6.98. The smallest absolute Gasteiger partial charge is 0.336 e. The number of esters is 1. The molecule has 0 aliphatic carbocycles. The number of nitrogens with zero attached hydrogens (tertiary/aromatic N) is 1. The van der Waals surface area contributed by atoms with E-state index in [1.54, 1.807) is 19.1 Å². The fraction of sp³-hybridized carbons (Fsp3) is 0.458. The van der Waals surface area contributed by atoms with Crippen molar-refractivity contribution in [3.05, 3.63) is 71.3 Å². The molecule has 1 aromatic rings. The van der Waals surface area contributed by atoms with Gasteiger partial charge in [0.05, 0.1) is 24.2 Å². The highest BCUT2D eigenvalue weighted by molar-refractivity contribution is 6.71. The van der Waals surface area contributed by atoms with Crippen LogP contribution in [0, 0.1) is 5.82 Å². The van der Waals surface area contributed by atoms with Gasteiger partial charge in [0.25, 0.3) is 0 Å². The lowest BCUT2D eigenvalue weighted by molar-refractivity contribution is -0.139. The second-order valence-corrected chi connectivity index (χ2v) is 12.8. The molecule has 2 aliphatic heterocycles. The molecule has 2 heterocycles. The van der Waals surface area contributed by atoms with Crippen molar-refractivity contribution in [2.45, 2.75) is 51.2 Å². The van der Waals surface area contributed by atoms with Gasteiger partial charge in [-0.3, -0.25) is 0 Å². The molecule has 0 spiro atoms. The predicted molar refractivity (Wildman–Crippen MR) is 120 cm³/mol. The quantitative estimate of drug-likeness (QED) is 0.394. The van der Waals surface area contributed by atoms with Crippen LogP contribution >= 0.6 is 0 Å². The first-order valence-corrected chi connectivity index (χ1v) is 13.9. The lowest BCUT2D eigenvalue weighted by Crippen LogP contribution is -2.44. The van der Waals surface area contributed by atoms with Crippen molar-refractivity contribution in [2.75, 3.05) is 19.8 Å². The maximum Gasteiger partial charge on any atom is 0.336 e. The van der Waals surface area contributed by atoms with Gasteiger partial charge in [0.15, 0.2) is 8.32 Å². The number of benzene rings is 1. The molecular formula is C24H32FNO3Si. The number of fused-ring (bicyclic) bond motifs is 1. The van der Waals surface area contributed by atoms with Crippen LogP contribution in [0.4, 0.5) is 4.39 Å². The molecule has 1 aromatic carbocycles. The number of ether oxygens (including phenoxy) is 1. The topological polar surface area (TPSA) is 38.8 Å². The molecule has 0 bridgehead atoms. The molecule has 0 radical (unpaired) electrons. The molecule has 0 fully saturated rings. The largest absolute Gasteiger partial charge is 0.463 e. The number of allylic oxidation sites excluding steroid dienone is 2. The van der Waals surface area contributed by atoms with Crippen LogP contribution in [-0.4, -0.2) is 38.9 Å². The van der Waals surface area contributed by atoms with E-state index >= 15 is 0 Å². The van der Waals surface area contributed by atoms with Crippen molar-refractivity contribution >= 4 is 14.3 Å². The number of halogens is 1. The number of rotatable bonds is 9. The molecule has 0 aromatic heterocycles. The highest BCUT2D eigenvalue weighted by atomic mass is 28.4. The molecule has 0 saturated carbocycles. The van der Waals surface area contributed by atoms with Gasteiger partial charge in [-0.05, 0) is 49.8 Å². The lowest BCUT2D eigenvalue weighted by atomic mass is 9.73. The van der Waals surface area contributed by atoms with Crippen LogP contribution in [0.3, 0.4) is 0 Å². The van der Waals surface area contributed by atoms with E-state index in [-0.39, 0.29) is 11.8 Å². The summed E-state index contributed by atoms with van der Waals surface area (Å²) in [6, 6.07) is 7.47. The zero-order chi connectivity index (χ0) is 21.8. The number of carbonyl (C=O) groups is 1. The van der Waals surface area contributed by atoms with Crippen LogP contribution in [-0.2, 0) is 19.4 Å². The van der Waals surface area contributed by atoms with Gasteiger partial charge >= 0.3 is 5.97 Å². The first kappa shape index (κ1) is 22.5. The van der Waals surface area contributed by atoms with Crippen LogP contribution in [0.25, 0.3) is 0 Å². The Morgan fingerprint density at radius 2 is 1.97 bits per heavy atom. The molecule has 1 atom stereocenters. The molecule has 0 amide bonds. The molecule has 1 unspecified atom stereocenters. The van der Waals surface area contributed by atoms with Crippen molar-refractivity contribution < 1.29 is 18.3 Å². The van der Waals surface area contributed by atoms with Crippen molar-refractivity contribution in [1.29, 1.82) is 0 Å². The monoisotopic (exact) mass is 429 g/mol. The third-order valence-electron chi connectivity index (χ3n) is 5.83. The summed E-state index contributed by atoms with van der Waals surface area (Å²) in [5.41, 5.74) is 1.54. The van der Waals surface area contributed by atoms with Crippen LogP contribution in [0.15, 0.2) is 60.0 Å². The SMILES string of the molecule is CCCC[Si](C)(C)OCC1(c2ccc(F)cc2)C(C(=O)OCC)=CN2CC=CC=C21. The number of hydrogen-bond donors (Lipinski definition) is 0. The Morgan fingerprint density at radius 1 is 1.23 bits per heavy atom. The number of unbranched alkanes of at least 4 members (excludes halogenated alkanes) is 1. The second kappa shape index (κ2) is 9.31. The number of carbonyl (C=O) groups excluding carboxylic acids is 1. The average molecular weight is 430 g/mol. The Morgan fingerprint density at radius 3 is 2.63 bits per heavy atom. The van der Waals surface area contributed by atoms with Crippen LogP contribution < -0.4 is 0 Å². The highest BCUT2D eigenvalue weighted by Crippen LogP contribution is 2.48. The van der Waals surface area contributed by atoms with E-state index in [0.29, 0.717) is 25.3 Å². The van der Waals surface area contributed by atoms with Crippen LogP contribution in [0.2, 0.25) is 19.1 Å². The third kappa shape index (κ3) is 4.44. The molecular weight excluding hydrogens is 397 g/mol. The zero-order valence-corrected chi connectivity index (χ0v) is 19.4. The van der Waals surface area contributed by atoms with Crippen molar-refractivity contribution in [3.8, 4) is 0 Å². The minimum atomic E-state index is -1.94. The summed E-state index contributed by atoms with van der Waals surface area (Å²) in [7, 11) is -1.94. The molecule has 0 N–H and O–H groups in total. The Hall–Kier alpha value is -2.18. The highest BCUT2D eigenvalue weighted by Gasteiger charge is 2.51. The fourth-order valence-corrected chi connectivity index (χ4v) is 6.08. The van der Waals surface area contributed by atoms with Crippen molar-refractivity contribution in [1.82, 2.24) is 4.90 Å². The second-order valence-electron chi connectivity index (χ2n) is 8.46. The summed E-state index contributed by atoms with van der Waals surface area (Å²) < 4.78 is 25.8. The van der Waals surface area contributed by atoms with E-state index in [1.165, 1.54) is 12.1 Å². The minimum Gasteiger partial charge on any atom is -0.463 e. The van der Waals surface area contributed by atoms with Crippen molar-refractivity contribution in [2.24, 2.45) is 0 Å². The summed E-state index contributed by atoms with van der Waals surface area (Å²) in [5.74, 6) is -0.657.